The first-order valence-electron chi connectivity index (χ1n) is 5.00. The first-order chi connectivity index (χ1) is 5.74. The van der Waals surface area contributed by atoms with Gasteiger partial charge in [-0.1, -0.05) is 18.6 Å². The molecule has 0 bridgehead atoms. The Labute approximate surface area is 75.5 Å². The standard InChI is InChI=1S/C11H20O/c1-9-3-5-11(6-4-9)10(2)7-8-12/h3,10-12H,4-8H2,1-2H3/t10?,11-/m0/s1. The van der Waals surface area contributed by atoms with Crippen LogP contribution in [0.2, 0.25) is 0 Å². The summed E-state index contributed by atoms with van der Waals surface area (Å²) in [6.07, 6.45) is 7.15. The van der Waals surface area contributed by atoms with Crippen LogP contribution in [0, 0.1) is 11.8 Å². The molecule has 1 rings (SSSR count). The molecule has 1 aliphatic rings. The van der Waals surface area contributed by atoms with Gasteiger partial charge in [-0.05, 0) is 44.4 Å². The molecule has 1 heteroatoms. The number of rotatable bonds is 3. The van der Waals surface area contributed by atoms with Gasteiger partial charge in [0.05, 0.1) is 0 Å². The molecule has 2 atom stereocenters. The lowest BCUT2D eigenvalue weighted by atomic mass is 9.80. The van der Waals surface area contributed by atoms with Gasteiger partial charge in [0.25, 0.3) is 0 Å². The molecule has 0 aromatic carbocycles. The van der Waals surface area contributed by atoms with Gasteiger partial charge in [0.15, 0.2) is 0 Å². The third kappa shape index (κ3) is 2.63. The van der Waals surface area contributed by atoms with Crippen LogP contribution in [0.15, 0.2) is 11.6 Å². The van der Waals surface area contributed by atoms with E-state index in [0.29, 0.717) is 12.5 Å². The number of hydrogen-bond donors (Lipinski definition) is 1. The van der Waals surface area contributed by atoms with Gasteiger partial charge in [-0.2, -0.15) is 0 Å². The third-order valence-corrected chi connectivity index (χ3v) is 3.07. The monoisotopic (exact) mass is 168 g/mol. The van der Waals surface area contributed by atoms with E-state index in [1.165, 1.54) is 19.3 Å². The second kappa shape index (κ2) is 4.66. The molecule has 0 aromatic heterocycles. The van der Waals surface area contributed by atoms with E-state index in [4.69, 9.17) is 5.11 Å². The van der Waals surface area contributed by atoms with Crippen molar-refractivity contribution in [1.82, 2.24) is 0 Å². The lowest BCUT2D eigenvalue weighted by Gasteiger charge is -2.25. The highest BCUT2D eigenvalue weighted by Crippen LogP contribution is 2.30. The lowest BCUT2D eigenvalue weighted by Crippen LogP contribution is -2.15. The molecule has 0 fully saturated rings. The zero-order valence-electron chi connectivity index (χ0n) is 8.21. The van der Waals surface area contributed by atoms with E-state index in [1.54, 1.807) is 5.57 Å². The zero-order valence-corrected chi connectivity index (χ0v) is 8.21. The van der Waals surface area contributed by atoms with Crippen molar-refractivity contribution >= 4 is 0 Å². The third-order valence-electron chi connectivity index (χ3n) is 3.07. The van der Waals surface area contributed by atoms with Gasteiger partial charge in [0.1, 0.15) is 0 Å². The van der Waals surface area contributed by atoms with Gasteiger partial charge >= 0.3 is 0 Å². The summed E-state index contributed by atoms with van der Waals surface area (Å²) < 4.78 is 0. The fraction of sp³-hybridized carbons (Fsp3) is 0.818. The van der Waals surface area contributed by atoms with Crippen LogP contribution in [-0.4, -0.2) is 11.7 Å². The normalized spacial score (nSPS) is 26.6. The lowest BCUT2D eigenvalue weighted by molar-refractivity contribution is 0.221. The molecule has 70 valence electrons. The second-order valence-corrected chi connectivity index (χ2v) is 4.07. The van der Waals surface area contributed by atoms with Crippen LogP contribution in [0.4, 0.5) is 0 Å². The predicted molar refractivity (Wildman–Crippen MR) is 52.0 cm³/mol. The van der Waals surface area contributed by atoms with E-state index >= 15 is 0 Å². The van der Waals surface area contributed by atoms with E-state index in [-0.39, 0.29) is 0 Å². The van der Waals surface area contributed by atoms with Crippen LogP contribution < -0.4 is 0 Å². The SMILES string of the molecule is CC1=CC[C@H](C(C)CCO)CC1. The van der Waals surface area contributed by atoms with Crippen LogP contribution in [0.5, 0.6) is 0 Å². The van der Waals surface area contributed by atoms with Crippen molar-refractivity contribution in [1.29, 1.82) is 0 Å². The summed E-state index contributed by atoms with van der Waals surface area (Å²) in [5.74, 6) is 1.51. The van der Waals surface area contributed by atoms with Crippen LogP contribution in [0.1, 0.15) is 39.5 Å². The zero-order chi connectivity index (χ0) is 8.97. The molecule has 0 aromatic rings. The Morgan fingerprint density at radius 3 is 2.92 bits per heavy atom. The molecule has 12 heavy (non-hydrogen) atoms. The Morgan fingerprint density at radius 2 is 2.42 bits per heavy atom. The van der Waals surface area contributed by atoms with Gasteiger partial charge in [-0.25, -0.2) is 0 Å². The molecule has 0 heterocycles. The van der Waals surface area contributed by atoms with Crippen molar-refractivity contribution in [2.45, 2.75) is 39.5 Å². The summed E-state index contributed by atoms with van der Waals surface area (Å²) in [5, 5.41) is 8.80. The molecule has 0 amide bonds. The number of aliphatic hydroxyl groups is 1. The van der Waals surface area contributed by atoms with Crippen LogP contribution >= 0.6 is 0 Å². The molecule has 0 saturated carbocycles. The highest BCUT2D eigenvalue weighted by Gasteiger charge is 2.18. The number of allylic oxidation sites excluding steroid dienone is 2. The first-order valence-corrected chi connectivity index (χ1v) is 5.00. The van der Waals surface area contributed by atoms with E-state index in [2.05, 4.69) is 19.9 Å². The molecule has 1 aliphatic carbocycles. The maximum atomic E-state index is 8.80. The van der Waals surface area contributed by atoms with Crippen molar-refractivity contribution in [3.8, 4) is 0 Å². The average molecular weight is 168 g/mol. The fourth-order valence-corrected chi connectivity index (χ4v) is 1.94. The Kier molecular flexibility index (Phi) is 3.80. The average Bonchev–Trinajstić information content (AvgIpc) is 2.06. The maximum Gasteiger partial charge on any atom is 0.0433 e. The van der Waals surface area contributed by atoms with E-state index in [9.17, 15) is 0 Å². The molecule has 0 radical (unpaired) electrons. The topological polar surface area (TPSA) is 20.2 Å². The fourth-order valence-electron chi connectivity index (χ4n) is 1.94. The minimum Gasteiger partial charge on any atom is -0.396 e. The minimum absolute atomic E-state index is 0.348. The maximum absolute atomic E-state index is 8.80. The Morgan fingerprint density at radius 1 is 1.67 bits per heavy atom. The van der Waals surface area contributed by atoms with Gasteiger partial charge in [-0.3, -0.25) is 0 Å². The van der Waals surface area contributed by atoms with Crippen molar-refractivity contribution in [3.63, 3.8) is 0 Å². The molecule has 0 aliphatic heterocycles. The van der Waals surface area contributed by atoms with Crippen molar-refractivity contribution in [3.05, 3.63) is 11.6 Å². The smallest absolute Gasteiger partial charge is 0.0433 e. The molecular formula is C11H20O. The van der Waals surface area contributed by atoms with Crippen LogP contribution in [0.25, 0.3) is 0 Å². The number of aliphatic hydroxyl groups excluding tert-OH is 1. The first kappa shape index (κ1) is 9.79. The van der Waals surface area contributed by atoms with Gasteiger partial charge in [0, 0.05) is 6.61 Å². The molecule has 1 nitrogen and oxygen atoms in total. The Balaban J connectivity index is 2.34. The summed E-state index contributed by atoms with van der Waals surface area (Å²) in [6, 6.07) is 0. The van der Waals surface area contributed by atoms with Crippen molar-refractivity contribution in [2.75, 3.05) is 6.61 Å². The Bertz CT molecular complexity index is 160. The second-order valence-electron chi connectivity index (χ2n) is 4.07. The molecular weight excluding hydrogens is 148 g/mol. The largest absolute Gasteiger partial charge is 0.396 e. The highest BCUT2D eigenvalue weighted by atomic mass is 16.3. The predicted octanol–water partition coefficient (Wildman–Crippen LogP) is 2.75. The van der Waals surface area contributed by atoms with E-state index in [0.717, 1.165) is 12.3 Å². The summed E-state index contributed by atoms with van der Waals surface area (Å²) in [5.41, 5.74) is 1.54. The molecule has 0 spiro atoms. The molecule has 1 unspecified atom stereocenters. The van der Waals surface area contributed by atoms with Gasteiger partial charge in [0.2, 0.25) is 0 Å². The van der Waals surface area contributed by atoms with Gasteiger partial charge in [-0.15, -0.1) is 0 Å². The minimum atomic E-state index is 0.348. The molecule has 0 saturated heterocycles. The Hall–Kier alpha value is -0.300. The molecule has 1 N–H and O–H groups in total. The summed E-state index contributed by atoms with van der Waals surface area (Å²) in [4.78, 5) is 0. The highest BCUT2D eigenvalue weighted by molar-refractivity contribution is 5.03. The summed E-state index contributed by atoms with van der Waals surface area (Å²) >= 11 is 0. The van der Waals surface area contributed by atoms with Gasteiger partial charge < -0.3 is 5.11 Å². The van der Waals surface area contributed by atoms with Crippen LogP contribution in [-0.2, 0) is 0 Å². The van der Waals surface area contributed by atoms with E-state index < -0.39 is 0 Å². The summed E-state index contributed by atoms with van der Waals surface area (Å²) in [7, 11) is 0. The van der Waals surface area contributed by atoms with Crippen LogP contribution in [0.3, 0.4) is 0 Å². The van der Waals surface area contributed by atoms with E-state index in [1.807, 2.05) is 0 Å². The van der Waals surface area contributed by atoms with Crippen molar-refractivity contribution in [2.24, 2.45) is 11.8 Å². The summed E-state index contributed by atoms with van der Waals surface area (Å²) in [6.45, 7) is 4.82. The number of hydrogen-bond acceptors (Lipinski definition) is 1. The van der Waals surface area contributed by atoms with Crippen molar-refractivity contribution < 1.29 is 5.11 Å². The quantitative estimate of drug-likeness (QED) is 0.642.